The third-order valence-electron chi connectivity index (χ3n) is 5.12. The van der Waals surface area contributed by atoms with Crippen LogP contribution in [0, 0.1) is 11.8 Å². The van der Waals surface area contributed by atoms with Crippen molar-refractivity contribution in [1.82, 2.24) is 15.5 Å². The van der Waals surface area contributed by atoms with Crippen LogP contribution in [0.2, 0.25) is 0 Å². The lowest BCUT2D eigenvalue weighted by atomic mass is 10.0. The Morgan fingerprint density at radius 2 is 1.68 bits per heavy atom. The summed E-state index contributed by atoms with van der Waals surface area (Å²) in [5, 5.41) is 23.2. The van der Waals surface area contributed by atoms with E-state index in [0.717, 1.165) is 0 Å². The highest BCUT2D eigenvalue weighted by Crippen LogP contribution is 2.21. The fraction of sp³-hybridized carbons (Fsp3) is 0.750. The molecule has 6 N–H and O–H groups in total. The number of nitrogens with one attached hydrogen (secondary N) is 2. The molecule has 0 aromatic heterocycles. The molecular formula is C20H34N4O7. The number of carboxylic acid groups (broad SMARTS) is 2. The smallest absolute Gasteiger partial charge is 0.326 e. The average molecular weight is 443 g/mol. The Bertz CT molecular complexity index is 695. The number of carbonyl (C=O) groups excluding carboxylic acids is 3. The summed E-state index contributed by atoms with van der Waals surface area (Å²) in [6.45, 7) is 7.40. The number of likely N-dealkylation sites (tertiary alicyclic amines) is 1. The van der Waals surface area contributed by atoms with Crippen molar-refractivity contribution in [3.05, 3.63) is 0 Å². The molecule has 1 saturated heterocycles. The van der Waals surface area contributed by atoms with Crippen molar-refractivity contribution in [2.75, 3.05) is 6.54 Å². The molecule has 4 unspecified atom stereocenters. The predicted molar refractivity (Wildman–Crippen MR) is 111 cm³/mol. The minimum atomic E-state index is -1.31. The van der Waals surface area contributed by atoms with Gasteiger partial charge in [0.05, 0.1) is 12.5 Å². The zero-order valence-electron chi connectivity index (χ0n) is 18.5. The first-order valence-electron chi connectivity index (χ1n) is 10.5. The summed E-state index contributed by atoms with van der Waals surface area (Å²) >= 11 is 0. The molecule has 0 aromatic carbocycles. The van der Waals surface area contributed by atoms with Crippen LogP contribution in [-0.2, 0) is 24.0 Å². The molecule has 31 heavy (non-hydrogen) atoms. The lowest BCUT2D eigenvalue weighted by molar-refractivity contribution is -0.145. The molecule has 1 rings (SSSR count). The van der Waals surface area contributed by atoms with Crippen molar-refractivity contribution in [1.29, 1.82) is 0 Å². The van der Waals surface area contributed by atoms with E-state index in [0.29, 0.717) is 19.4 Å². The third-order valence-corrected chi connectivity index (χ3v) is 5.12. The second-order valence-electron chi connectivity index (χ2n) is 8.65. The number of rotatable bonds is 11. The van der Waals surface area contributed by atoms with Gasteiger partial charge in [0.1, 0.15) is 18.1 Å². The highest BCUT2D eigenvalue weighted by Gasteiger charge is 2.40. The van der Waals surface area contributed by atoms with E-state index < -0.39 is 60.2 Å². The quantitative estimate of drug-likeness (QED) is 0.285. The third kappa shape index (κ3) is 7.82. The number of hydrogen-bond donors (Lipinski definition) is 5. The molecule has 176 valence electrons. The lowest BCUT2D eigenvalue weighted by Crippen LogP contribution is -2.58. The molecule has 1 aliphatic rings. The van der Waals surface area contributed by atoms with E-state index in [-0.39, 0.29) is 18.3 Å². The lowest BCUT2D eigenvalue weighted by Gasteiger charge is -2.31. The molecule has 0 spiro atoms. The van der Waals surface area contributed by atoms with Gasteiger partial charge in [-0.3, -0.25) is 19.2 Å². The first-order valence-corrected chi connectivity index (χ1v) is 10.5. The maximum Gasteiger partial charge on any atom is 0.326 e. The summed E-state index contributed by atoms with van der Waals surface area (Å²) in [4.78, 5) is 61.7. The van der Waals surface area contributed by atoms with E-state index in [2.05, 4.69) is 10.6 Å². The highest BCUT2D eigenvalue weighted by molar-refractivity contribution is 5.95. The van der Waals surface area contributed by atoms with Crippen LogP contribution in [0.5, 0.6) is 0 Å². The minimum Gasteiger partial charge on any atom is -0.481 e. The maximum atomic E-state index is 13.1. The topological polar surface area (TPSA) is 179 Å². The average Bonchev–Trinajstić information content (AvgIpc) is 3.13. The van der Waals surface area contributed by atoms with E-state index >= 15 is 0 Å². The highest BCUT2D eigenvalue weighted by atomic mass is 16.4. The van der Waals surface area contributed by atoms with Crippen LogP contribution in [0.25, 0.3) is 0 Å². The van der Waals surface area contributed by atoms with Gasteiger partial charge in [0.2, 0.25) is 17.7 Å². The maximum absolute atomic E-state index is 13.1. The number of aliphatic carboxylic acids is 2. The molecule has 0 bridgehead atoms. The van der Waals surface area contributed by atoms with E-state index in [4.69, 9.17) is 10.8 Å². The van der Waals surface area contributed by atoms with Crippen molar-refractivity contribution < 1.29 is 34.2 Å². The van der Waals surface area contributed by atoms with Crippen LogP contribution in [0.15, 0.2) is 0 Å². The molecule has 11 heteroatoms. The van der Waals surface area contributed by atoms with E-state index in [1.165, 1.54) is 4.90 Å². The van der Waals surface area contributed by atoms with Crippen LogP contribution in [0.1, 0.15) is 53.4 Å². The summed E-state index contributed by atoms with van der Waals surface area (Å²) in [6.07, 6.45) is 0.617. The normalized spacial score (nSPS) is 19.1. The first-order chi connectivity index (χ1) is 14.3. The Labute approximate surface area is 181 Å². The SMILES string of the molecule is CC(C)CC(NC(=O)C1CCCN1C(=O)C(NC(=O)C(N)CC(=O)O)C(C)C)C(=O)O. The number of hydrogen-bond acceptors (Lipinski definition) is 6. The molecule has 1 fully saturated rings. The van der Waals surface area contributed by atoms with E-state index in [1.54, 1.807) is 13.8 Å². The standard InChI is InChI=1S/C20H34N4O7/c1-10(2)8-13(20(30)31)22-18(28)14-6-5-7-24(14)19(29)16(11(3)4)23-17(27)12(21)9-15(25)26/h10-14,16H,5-9,21H2,1-4H3,(H,22,28)(H,23,27)(H,25,26)(H,30,31). The molecule has 4 atom stereocenters. The van der Waals surface area contributed by atoms with E-state index in [1.807, 2.05) is 13.8 Å². The van der Waals surface area contributed by atoms with Crippen molar-refractivity contribution in [3.63, 3.8) is 0 Å². The molecule has 1 heterocycles. The van der Waals surface area contributed by atoms with Gasteiger partial charge < -0.3 is 31.5 Å². The summed E-state index contributed by atoms with van der Waals surface area (Å²) in [6, 6.07) is -4.20. The molecule has 0 saturated carbocycles. The number of carboxylic acids is 2. The minimum absolute atomic E-state index is 0.0539. The summed E-state index contributed by atoms with van der Waals surface area (Å²) in [5.41, 5.74) is 5.58. The molecule has 0 radical (unpaired) electrons. The number of carbonyl (C=O) groups is 5. The van der Waals surface area contributed by atoms with Gasteiger partial charge in [0, 0.05) is 6.54 Å². The van der Waals surface area contributed by atoms with Gasteiger partial charge in [0.25, 0.3) is 0 Å². The van der Waals surface area contributed by atoms with E-state index in [9.17, 15) is 29.1 Å². The van der Waals surface area contributed by atoms with Gasteiger partial charge in [-0.1, -0.05) is 27.7 Å². The Balaban J connectivity index is 2.92. The van der Waals surface area contributed by atoms with Crippen LogP contribution in [0.4, 0.5) is 0 Å². The van der Waals surface area contributed by atoms with Gasteiger partial charge in [0.15, 0.2) is 0 Å². The fourth-order valence-corrected chi connectivity index (χ4v) is 3.50. The fourth-order valence-electron chi connectivity index (χ4n) is 3.50. The zero-order valence-corrected chi connectivity index (χ0v) is 18.5. The van der Waals surface area contributed by atoms with Gasteiger partial charge in [-0.25, -0.2) is 4.79 Å². The Kier molecular flexibility index (Phi) is 9.89. The van der Waals surface area contributed by atoms with Crippen molar-refractivity contribution >= 4 is 29.7 Å². The van der Waals surface area contributed by atoms with Crippen LogP contribution in [0.3, 0.4) is 0 Å². The number of nitrogens with zero attached hydrogens (tertiary/aromatic N) is 1. The summed E-state index contributed by atoms with van der Waals surface area (Å²) in [5.74, 6) is -4.46. The Hall–Kier alpha value is -2.69. The predicted octanol–water partition coefficient (Wildman–Crippen LogP) is -0.464. The van der Waals surface area contributed by atoms with Gasteiger partial charge in [-0.15, -0.1) is 0 Å². The monoisotopic (exact) mass is 442 g/mol. The van der Waals surface area contributed by atoms with Crippen molar-refractivity contribution in [3.8, 4) is 0 Å². The largest absolute Gasteiger partial charge is 0.481 e. The first kappa shape index (κ1) is 26.3. The zero-order chi connectivity index (χ0) is 23.9. The summed E-state index contributed by atoms with van der Waals surface area (Å²) < 4.78 is 0. The van der Waals surface area contributed by atoms with Crippen LogP contribution >= 0.6 is 0 Å². The van der Waals surface area contributed by atoms with Crippen molar-refractivity contribution in [2.45, 2.75) is 77.5 Å². The second kappa shape index (κ2) is 11.6. The molecule has 1 aliphatic heterocycles. The molecule has 11 nitrogen and oxygen atoms in total. The van der Waals surface area contributed by atoms with Crippen LogP contribution < -0.4 is 16.4 Å². The molecule has 0 aromatic rings. The molecule has 3 amide bonds. The Morgan fingerprint density at radius 1 is 1.06 bits per heavy atom. The second-order valence-corrected chi connectivity index (χ2v) is 8.65. The van der Waals surface area contributed by atoms with Gasteiger partial charge in [-0.2, -0.15) is 0 Å². The van der Waals surface area contributed by atoms with Crippen molar-refractivity contribution in [2.24, 2.45) is 17.6 Å². The Morgan fingerprint density at radius 3 is 2.16 bits per heavy atom. The number of nitrogens with two attached hydrogens (primary N) is 1. The number of amides is 3. The molecular weight excluding hydrogens is 408 g/mol. The van der Waals surface area contributed by atoms with Gasteiger partial charge >= 0.3 is 11.9 Å². The van der Waals surface area contributed by atoms with Gasteiger partial charge in [-0.05, 0) is 31.1 Å². The van der Waals surface area contributed by atoms with Crippen LogP contribution in [-0.4, -0.2) is 75.5 Å². The molecule has 0 aliphatic carbocycles. The summed E-state index contributed by atoms with van der Waals surface area (Å²) in [7, 11) is 0.